The minimum absolute atomic E-state index is 0.264. The molecule has 2 aromatic carbocycles. The molecule has 0 atom stereocenters. The number of halogens is 1. The molecule has 6 heteroatoms. The van der Waals surface area contributed by atoms with Crippen molar-refractivity contribution in [1.29, 1.82) is 0 Å². The molecule has 0 aliphatic heterocycles. The fraction of sp³-hybridized carbons (Fsp3) is 0.190. The lowest BCUT2D eigenvalue weighted by molar-refractivity contribution is 0.0954. The van der Waals surface area contributed by atoms with Gasteiger partial charge in [-0.15, -0.1) is 0 Å². The van der Waals surface area contributed by atoms with Crippen LogP contribution in [0.1, 0.15) is 38.3 Å². The first-order valence-electron chi connectivity index (χ1n) is 8.60. The molecule has 0 spiro atoms. The summed E-state index contributed by atoms with van der Waals surface area (Å²) < 4.78 is 1.70. The van der Waals surface area contributed by atoms with E-state index >= 15 is 0 Å². The Hall–Kier alpha value is -2.92. The van der Waals surface area contributed by atoms with Crippen LogP contribution in [0, 0.1) is 27.7 Å². The molecule has 3 aromatic rings. The Morgan fingerprint density at radius 2 is 1.85 bits per heavy atom. The Morgan fingerprint density at radius 3 is 2.59 bits per heavy atom. The molecule has 1 amide bonds. The van der Waals surface area contributed by atoms with Crippen LogP contribution in [-0.2, 0) is 0 Å². The van der Waals surface area contributed by atoms with Gasteiger partial charge in [-0.2, -0.15) is 10.2 Å². The van der Waals surface area contributed by atoms with Crippen molar-refractivity contribution in [3.8, 4) is 5.69 Å². The van der Waals surface area contributed by atoms with E-state index in [9.17, 15) is 4.79 Å². The Balaban J connectivity index is 1.85. The molecule has 138 valence electrons. The predicted molar refractivity (Wildman–Crippen MR) is 109 cm³/mol. The summed E-state index contributed by atoms with van der Waals surface area (Å²) in [6, 6.07) is 13.5. The molecule has 0 aliphatic carbocycles. The zero-order chi connectivity index (χ0) is 19.6. The van der Waals surface area contributed by atoms with Crippen LogP contribution in [-0.4, -0.2) is 21.9 Å². The zero-order valence-corrected chi connectivity index (χ0v) is 16.5. The Morgan fingerprint density at radius 1 is 1.11 bits per heavy atom. The molecule has 0 saturated carbocycles. The van der Waals surface area contributed by atoms with Gasteiger partial charge in [0.05, 0.1) is 23.2 Å². The highest BCUT2D eigenvalue weighted by atomic mass is 35.5. The predicted octanol–water partition coefficient (Wildman–Crippen LogP) is 4.52. The topological polar surface area (TPSA) is 59.3 Å². The number of hydrazone groups is 1. The number of hydrogen-bond donors (Lipinski definition) is 1. The van der Waals surface area contributed by atoms with E-state index in [1.807, 2.05) is 64.1 Å². The van der Waals surface area contributed by atoms with Gasteiger partial charge in [0.15, 0.2) is 0 Å². The van der Waals surface area contributed by atoms with Crippen LogP contribution in [0.2, 0.25) is 5.15 Å². The second kappa shape index (κ2) is 7.76. The highest BCUT2D eigenvalue weighted by Gasteiger charge is 2.15. The number of aryl methyl sites for hydroxylation is 4. The monoisotopic (exact) mass is 380 g/mol. The largest absolute Gasteiger partial charge is 0.271 e. The van der Waals surface area contributed by atoms with Crippen LogP contribution < -0.4 is 5.43 Å². The van der Waals surface area contributed by atoms with Gasteiger partial charge >= 0.3 is 0 Å². The summed E-state index contributed by atoms with van der Waals surface area (Å²) >= 11 is 6.54. The second-order valence-corrected chi connectivity index (χ2v) is 6.86. The van der Waals surface area contributed by atoms with E-state index in [1.165, 1.54) is 6.21 Å². The maximum absolute atomic E-state index is 12.3. The van der Waals surface area contributed by atoms with E-state index in [0.717, 1.165) is 28.1 Å². The molecule has 3 rings (SSSR count). The summed E-state index contributed by atoms with van der Waals surface area (Å²) in [4.78, 5) is 12.3. The molecule has 1 N–H and O–H groups in total. The van der Waals surface area contributed by atoms with Gasteiger partial charge in [-0.25, -0.2) is 10.1 Å². The summed E-state index contributed by atoms with van der Waals surface area (Å²) in [5, 5.41) is 9.05. The molecule has 1 aromatic heterocycles. The van der Waals surface area contributed by atoms with Crippen molar-refractivity contribution < 1.29 is 4.79 Å². The molecular formula is C21H21ClN4O. The van der Waals surface area contributed by atoms with Crippen molar-refractivity contribution in [1.82, 2.24) is 15.2 Å². The molecule has 0 radical (unpaired) electrons. The van der Waals surface area contributed by atoms with Crippen molar-refractivity contribution >= 4 is 23.7 Å². The first-order valence-corrected chi connectivity index (χ1v) is 8.98. The van der Waals surface area contributed by atoms with Gasteiger partial charge in [0.25, 0.3) is 5.91 Å². The van der Waals surface area contributed by atoms with Gasteiger partial charge in [0, 0.05) is 5.56 Å². The Bertz CT molecular complexity index is 1040. The fourth-order valence-electron chi connectivity index (χ4n) is 2.81. The van der Waals surface area contributed by atoms with Gasteiger partial charge in [0.2, 0.25) is 0 Å². The fourth-order valence-corrected chi connectivity index (χ4v) is 3.12. The van der Waals surface area contributed by atoms with E-state index in [1.54, 1.807) is 10.7 Å². The number of benzene rings is 2. The van der Waals surface area contributed by atoms with Crippen molar-refractivity contribution in [3.05, 3.63) is 81.1 Å². The first kappa shape index (κ1) is 18.9. The van der Waals surface area contributed by atoms with Gasteiger partial charge in [-0.1, -0.05) is 41.9 Å². The SMILES string of the molecule is Cc1ccc(C)c(-n2nc(C)c(/C=N\NC(=O)c3ccccc3C)c2Cl)c1. The normalized spacial score (nSPS) is 11.1. The number of nitrogens with one attached hydrogen (secondary N) is 1. The summed E-state index contributed by atoms with van der Waals surface area (Å²) in [6.45, 7) is 7.78. The van der Waals surface area contributed by atoms with Gasteiger partial charge in [0.1, 0.15) is 5.15 Å². The summed E-state index contributed by atoms with van der Waals surface area (Å²) in [7, 11) is 0. The number of hydrogen-bond acceptors (Lipinski definition) is 3. The molecule has 0 fully saturated rings. The van der Waals surface area contributed by atoms with Crippen LogP contribution in [0.4, 0.5) is 0 Å². The lowest BCUT2D eigenvalue weighted by Gasteiger charge is -2.08. The van der Waals surface area contributed by atoms with Crippen LogP contribution in [0.3, 0.4) is 0 Å². The number of nitrogens with zero attached hydrogens (tertiary/aromatic N) is 3. The van der Waals surface area contributed by atoms with Crippen molar-refractivity contribution in [3.63, 3.8) is 0 Å². The second-order valence-electron chi connectivity index (χ2n) is 6.51. The minimum atomic E-state index is -0.264. The average molecular weight is 381 g/mol. The maximum Gasteiger partial charge on any atom is 0.271 e. The van der Waals surface area contributed by atoms with Crippen molar-refractivity contribution in [2.75, 3.05) is 0 Å². The van der Waals surface area contributed by atoms with Crippen LogP contribution in [0.15, 0.2) is 47.6 Å². The van der Waals surface area contributed by atoms with Crippen LogP contribution in [0.5, 0.6) is 0 Å². The molecular weight excluding hydrogens is 360 g/mol. The molecule has 0 aliphatic rings. The Kier molecular flexibility index (Phi) is 5.42. The lowest BCUT2D eigenvalue weighted by atomic mass is 10.1. The van der Waals surface area contributed by atoms with Gasteiger partial charge < -0.3 is 0 Å². The number of carbonyl (C=O) groups is 1. The van der Waals surface area contributed by atoms with Gasteiger partial charge in [-0.05, 0) is 56.5 Å². The number of rotatable bonds is 4. The smallest absolute Gasteiger partial charge is 0.267 e. The van der Waals surface area contributed by atoms with Crippen LogP contribution in [0.25, 0.3) is 5.69 Å². The van der Waals surface area contributed by atoms with E-state index < -0.39 is 0 Å². The third-order valence-corrected chi connectivity index (χ3v) is 4.75. The van der Waals surface area contributed by atoms with E-state index in [-0.39, 0.29) is 5.91 Å². The third-order valence-electron chi connectivity index (χ3n) is 4.39. The summed E-state index contributed by atoms with van der Waals surface area (Å²) in [5.41, 5.74) is 8.54. The van der Waals surface area contributed by atoms with Crippen LogP contribution >= 0.6 is 11.6 Å². The molecule has 1 heterocycles. The molecule has 5 nitrogen and oxygen atoms in total. The Labute approximate surface area is 163 Å². The molecule has 0 saturated heterocycles. The zero-order valence-electron chi connectivity index (χ0n) is 15.7. The van der Waals surface area contributed by atoms with Crippen molar-refractivity contribution in [2.24, 2.45) is 5.10 Å². The first-order chi connectivity index (χ1) is 12.9. The molecule has 0 bridgehead atoms. The minimum Gasteiger partial charge on any atom is -0.267 e. The lowest BCUT2D eigenvalue weighted by Crippen LogP contribution is -2.18. The van der Waals surface area contributed by atoms with Crippen molar-refractivity contribution in [2.45, 2.75) is 27.7 Å². The van der Waals surface area contributed by atoms with Gasteiger partial charge in [-0.3, -0.25) is 4.79 Å². The average Bonchev–Trinajstić information content (AvgIpc) is 2.92. The van der Waals surface area contributed by atoms with E-state index in [4.69, 9.17) is 11.6 Å². The maximum atomic E-state index is 12.3. The van der Waals surface area contributed by atoms with E-state index in [2.05, 4.69) is 15.6 Å². The van der Waals surface area contributed by atoms with E-state index in [0.29, 0.717) is 16.3 Å². The third kappa shape index (κ3) is 3.93. The molecule has 27 heavy (non-hydrogen) atoms. The standard InChI is InChI=1S/C21H21ClN4O/c1-13-9-10-15(3)19(11-13)26-20(22)18(16(4)25-26)12-23-24-21(27)17-8-6-5-7-14(17)2/h5-12H,1-4H3,(H,24,27)/b23-12-. The summed E-state index contributed by atoms with van der Waals surface area (Å²) in [6.07, 6.45) is 1.53. The number of amides is 1. The number of carbonyl (C=O) groups excluding carboxylic acids is 1. The number of aromatic nitrogens is 2. The highest BCUT2D eigenvalue weighted by molar-refractivity contribution is 6.32. The highest BCUT2D eigenvalue weighted by Crippen LogP contribution is 2.24. The molecule has 0 unspecified atom stereocenters. The quantitative estimate of drug-likeness (QED) is 0.534. The summed E-state index contributed by atoms with van der Waals surface area (Å²) in [5.74, 6) is -0.264.